The first-order valence-corrected chi connectivity index (χ1v) is 19.7. The molecule has 0 bridgehead atoms. The first kappa shape index (κ1) is 45.6. The number of carbonyl (C=O) groups excluding carboxylic acids is 1. The summed E-state index contributed by atoms with van der Waals surface area (Å²) >= 11 is 0. The zero-order valence-corrected chi connectivity index (χ0v) is 34.1. The summed E-state index contributed by atoms with van der Waals surface area (Å²) in [5.41, 5.74) is 2.03. The number of alkyl halides is 3. The lowest BCUT2D eigenvalue weighted by molar-refractivity contribution is -0.144. The lowest BCUT2D eigenvalue weighted by atomic mass is 9.99. The molecule has 3 aromatic rings. The number of aryl methyl sites for hydroxylation is 1. The standard InChI is InChI=1S/C27H38N5O5P.C8H9F3.2C2H6/c1-7-20-9-11-21(12-10-20)37-38(30-19(4)27(33)34-8-2)35-16-22-15-18(3)26(36-22)32-14-13-23-24(31(5)6)28-17-29-25(23)32;1-6-4-2-3-5-7(6)8(9,10)11;2*1-2/h9-14,17-19,22,26,30H,7-8,15-16H2,1-6H3;3,5H,2,4H2,1H3;2*1-2H3. The largest absolute Gasteiger partial charge is 0.465 e. The van der Waals surface area contributed by atoms with Crippen molar-refractivity contribution >= 4 is 31.3 Å². The molecule has 0 spiro atoms. The molecule has 3 heterocycles. The van der Waals surface area contributed by atoms with Crippen LogP contribution in [0.5, 0.6) is 5.75 Å². The van der Waals surface area contributed by atoms with Crippen LogP contribution >= 0.6 is 8.53 Å². The normalized spacial score (nSPS) is 19.2. The van der Waals surface area contributed by atoms with Crippen LogP contribution in [0.4, 0.5) is 19.0 Å². The fourth-order valence-electron chi connectivity index (χ4n) is 5.60. The van der Waals surface area contributed by atoms with Crippen LogP contribution in [0.25, 0.3) is 11.0 Å². The molecule has 1 N–H and O–H groups in total. The summed E-state index contributed by atoms with van der Waals surface area (Å²) in [5.74, 6) is 1.44. The summed E-state index contributed by atoms with van der Waals surface area (Å²) in [6.45, 7) is 18.0. The van der Waals surface area contributed by atoms with Crippen molar-refractivity contribution in [3.8, 4) is 5.75 Å². The molecule has 1 aliphatic heterocycles. The van der Waals surface area contributed by atoms with Crippen molar-refractivity contribution < 1.29 is 36.5 Å². The van der Waals surface area contributed by atoms with Crippen molar-refractivity contribution in [3.63, 3.8) is 0 Å². The minimum atomic E-state index is -4.17. The van der Waals surface area contributed by atoms with Crippen LogP contribution in [0.1, 0.15) is 93.4 Å². The molecule has 10 nitrogen and oxygen atoms in total. The third kappa shape index (κ3) is 13.4. The number of halogens is 3. The average molecular weight is 766 g/mol. The van der Waals surface area contributed by atoms with Crippen LogP contribution in [0.15, 0.2) is 66.2 Å². The van der Waals surface area contributed by atoms with E-state index >= 15 is 0 Å². The van der Waals surface area contributed by atoms with Crippen molar-refractivity contribution in [1.82, 2.24) is 19.6 Å². The summed E-state index contributed by atoms with van der Waals surface area (Å²) < 4.78 is 62.2. The lowest BCUT2D eigenvalue weighted by Crippen LogP contribution is -2.34. The molecule has 2 aliphatic rings. The summed E-state index contributed by atoms with van der Waals surface area (Å²) in [4.78, 5) is 23.2. The molecule has 1 aliphatic carbocycles. The second-order valence-electron chi connectivity index (χ2n) is 12.3. The molecule has 14 heteroatoms. The van der Waals surface area contributed by atoms with Gasteiger partial charge in [0.2, 0.25) is 0 Å². The number of carbonyl (C=O) groups is 1. The van der Waals surface area contributed by atoms with Gasteiger partial charge in [0.25, 0.3) is 0 Å². The molecule has 5 rings (SSSR count). The van der Waals surface area contributed by atoms with E-state index in [0.29, 0.717) is 31.0 Å². The summed E-state index contributed by atoms with van der Waals surface area (Å²) in [6, 6.07) is 9.33. The zero-order chi connectivity index (χ0) is 39.7. The minimum absolute atomic E-state index is 0.140. The maximum Gasteiger partial charge on any atom is 0.416 e. The highest BCUT2D eigenvalue weighted by molar-refractivity contribution is 7.45. The zero-order valence-electron chi connectivity index (χ0n) is 33.2. The number of nitrogens with zero attached hydrogens (tertiary/aromatic N) is 4. The van der Waals surface area contributed by atoms with Crippen molar-refractivity contribution in [2.24, 2.45) is 5.92 Å². The lowest BCUT2D eigenvalue weighted by Gasteiger charge is -2.23. The van der Waals surface area contributed by atoms with E-state index in [2.05, 4.69) is 33.5 Å². The quantitative estimate of drug-likeness (QED) is 0.143. The number of nitrogens with one attached hydrogen (secondary N) is 1. The minimum Gasteiger partial charge on any atom is -0.465 e. The smallest absolute Gasteiger partial charge is 0.416 e. The predicted molar refractivity (Wildman–Crippen MR) is 208 cm³/mol. The highest BCUT2D eigenvalue weighted by Gasteiger charge is 2.36. The highest BCUT2D eigenvalue weighted by atomic mass is 31.2. The van der Waals surface area contributed by atoms with Crippen molar-refractivity contribution in [2.75, 3.05) is 32.2 Å². The van der Waals surface area contributed by atoms with Crippen LogP contribution < -0.4 is 14.5 Å². The Morgan fingerprint density at radius 1 is 1.11 bits per heavy atom. The number of aromatic nitrogens is 3. The van der Waals surface area contributed by atoms with Gasteiger partial charge in [0.1, 0.15) is 35.8 Å². The first-order chi connectivity index (χ1) is 25.3. The number of fused-ring (bicyclic) bond motifs is 1. The number of hydrogen-bond acceptors (Lipinski definition) is 9. The van der Waals surface area contributed by atoms with E-state index in [0.717, 1.165) is 36.1 Å². The van der Waals surface area contributed by atoms with Crippen LogP contribution in [-0.4, -0.2) is 66.1 Å². The summed E-state index contributed by atoms with van der Waals surface area (Å²) in [7, 11) is 2.31. The summed E-state index contributed by atoms with van der Waals surface area (Å²) in [6.07, 6.45) is 4.87. The van der Waals surface area contributed by atoms with Gasteiger partial charge >= 0.3 is 20.7 Å². The van der Waals surface area contributed by atoms with Gasteiger partial charge in [-0.2, -0.15) is 13.2 Å². The van der Waals surface area contributed by atoms with Gasteiger partial charge < -0.3 is 28.0 Å². The molecule has 1 aromatic carbocycles. The number of ether oxygens (including phenoxy) is 2. The van der Waals surface area contributed by atoms with Crippen molar-refractivity contribution in [1.29, 1.82) is 0 Å². The maximum absolute atomic E-state index is 12.2. The van der Waals surface area contributed by atoms with Crippen LogP contribution in [0.2, 0.25) is 0 Å². The number of allylic oxidation sites excluding steroid dienone is 4. The molecule has 1 saturated heterocycles. The number of anilines is 1. The van der Waals surface area contributed by atoms with Gasteiger partial charge in [-0.3, -0.25) is 4.79 Å². The Kier molecular flexibility index (Phi) is 19.5. The number of hydrogen-bond donors (Lipinski definition) is 1. The Morgan fingerprint density at radius 2 is 1.79 bits per heavy atom. The number of rotatable bonds is 12. The fraction of sp³-hybridized carbons (Fsp3) is 0.564. The molecule has 0 radical (unpaired) electrons. The average Bonchev–Trinajstić information content (AvgIpc) is 3.75. The van der Waals surface area contributed by atoms with E-state index in [1.807, 2.05) is 83.2 Å². The topological polar surface area (TPSA) is 100.0 Å². The van der Waals surface area contributed by atoms with Gasteiger partial charge in [-0.1, -0.05) is 71.4 Å². The fourth-order valence-corrected chi connectivity index (χ4v) is 6.82. The predicted octanol–water partition coefficient (Wildman–Crippen LogP) is 10.1. The van der Waals surface area contributed by atoms with E-state index < -0.39 is 26.3 Å². The van der Waals surface area contributed by atoms with E-state index in [1.54, 1.807) is 26.3 Å². The maximum atomic E-state index is 12.2. The molecule has 5 atom stereocenters. The van der Waals surface area contributed by atoms with Crippen LogP contribution in [0, 0.1) is 5.92 Å². The van der Waals surface area contributed by atoms with Gasteiger partial charge in [0.05, 0.1) is 30.3 Å². The Morgan fingerprint density at radius 3 is 2.36 bits per heavy atom. The van der Waals surface area contributed by atoms with Crippen LogP contribution in [0.3, 0.4) is 0 Å². The van der Waals surface area contributed by atoms with E-state index in [1.165, 1.54) is 18.6 Å². The third-order valence-electron chi connectivity index (χ3n) is 8.21. The molecule has 296 valence electrons. The van der Waals surface area contributed by atoms with Gasteiger partial charge in [0, 0.05) is 26.2 Å². The van der Waals surface area contributed by atoms with Crippen molar-refractivity contribution in [3.05, 3.63) is 71.7 Å². The second-order valence-corrected chi connectivity index (χ2v) is 13.5. The van der Waals surface area contributed by atoms with E-state index in [4.69, 9.17) is 18.5 Å². The van der Waals surface area contributed by atoms with Gasteiger partial charge in [-0.05, 0) is 70.2 Å². The Bertz CT molecular complexity index is 1600. The van der Waals surface area contributed by atoms with Gasteiger partial charge in [0.15, 0.2) is 0 Å². The Balaban J connectivity index is 0.000000546. The molecule has 1 fully saturated rings. The molecular weight excluding hydrogens is 706 g/mol. The van der Waals surface area contributed by atoms with Gasteiger partial charge in [-0.25, -0.2) is 15.1 Å². The monoisotopic (exact) mass is 765 g/mol. The molecule has 53 heavy (non-hydrogen) atoms. The van der Waals surface area contributed by atoms with E-state index in [9.17, 15) is 18.0 Å². The molecule has 0 saturated carbocycles. The second kappa shape index (κ2) is 22.6. The van der Waals surface area contributed by atoms with Crippen LogP contribution in [-0.2, 0) is 25.2 Å². The third-order valence-corrected chi connectivity index (χ3v) is 9.57. The number of esters is 1. The Hall–Kier alpha value is -3.51. The number of benzene rings is 1. The SMILES string of the molecule is CC.CC.CC1=C(C(F)(F)F)C=CCC1.CCOC(=O)C(C)NP(OCC1CC(C)C(n2ccc3c(N(C)C)ncnc32)O1)Oc1ccc(CC)cc1. The molecule has 2 aromatic heterocycles. The molecular formula is C39H59F3N5O5P. The Labute approximate surface area is 315 Å². The summed E-state index contributed by atoms with van der Waals surface area (Å²) in [5, 5.41) is 4.14. The van der Waals surface area contributed by atoms with E-state index in [-0.39, 0.29) is 24.2 Å². The molecule has 5 unspecified atom stereocenters. The highest BCUT2D eigenvalue weighted by Crippen LogP contribution is 2.41. The van der Waals surface area contributed by atoms with Crippen molar-refractivity contribution in [2.45, 2.75) is 113 Å². The molecule has 0 amide bonds. The van der Waals surface area contributed by atoms with Gasteiger partial charge in [-0.15, -0.1) is 0 Å². The first-order valence-electron chi connectivity index (χ1n) is 18.5.